The lowest BCUT2D eigenvalue weighted by Gasteiger charge is -2.06. The van der Waals surface area contributed by atoms with Gasteiger partial charge >= 0.3 is 0 Å². The number of benzene rings is 2. The van der Waals surface area contributed by atoms with E-state index in [-0.39, 0.29) is 5.91 Å². The zero-order valence-corrected chi connectivity index (χ0v) is 20.3. The second-order valence-electron chi connectivity index (χ2n) is 8.70. The molecule has 1 amide bonds. The van der Waals surface area contributed by atoms with Crippen LogP contribution in [0, 0.1) is 0 Å². The number of hydrogen-bond acceptors (Lipinski definition) is 4. The summed E-state index contributed by atoms with van der Waals surface area (Å²) >= 11 is 0. The quantitative estimate of drug-likeness (QED) is 0.206. The molecule has 0 heterocycles. The van der Waals surface area contributed by atoms with E-state index < -0.39 is 0 Å². The zero-order valence-electron chi connectivity index (χ0n) is 20.3. The van der Waals surface area contributed by atoms with Crippen molar-refractivity contribution in [3.63, 3.8) is 0 Å². The van der Waals surface area contributed by atoms with E-state index in [9.17, 15) is 9.59 Å². The summed E-state index contributed by atoms with van der Waals surface area (Å²) in [5.41, 5.74) is 3.65. The van der Waals surface area contributed by atoms with E-state index >= 15 is 0 Å². The van der Waals surface area contributed by atoms with Crippen molar-refractivity contribution in [2.24, 2.45) is 10.2 Å². The Hall–Kier alpha value is -2.82. The maximum Gasteiger partial charge on any atom is 0.224 e. The summed E-state index contributed by atoms with van der Waals surface area (Å²) < 4.78 is 0. The van der Waals surface area contributed by atoms with Crippen LogP contribution in [0.4, 0.5) is 17.1 Å². The van der Waals surface area contributed by atoms with Gasteiger partial charge in [0.25, 0.3) is 0 Å². The smallest absolute Gasteiger partial charge is 0.224 e. The molecule has 1 N–H and O–H groups in total. The van der Waals surface area contributed by atoms with Crippen molar-refractivity contribution in [1.82, 2.24) is 0 Å². The molecule has 0 aliphatic carbocycles. The number of azo groups is 1. The van der Waals surface area contributed by atoms with E-state index in [4.69, 9.17) is 0 Å². The number of carbonyl (C=O) groups is 2. The summed E-state index contributed by atoms with van der Waals surface area (Å²) in [5, 5.41) is 11.5. The third-order valence-corrected chi connectivity index (χ3v) is 5.71. The van der Waals surface area contributed by atoms with Crippen LogP contribution in [-0.4, -0.2) is 11.7 Å². The largest absolute Gasteiger partial charge is 0.326 e. The van der Waals surface area contributed by atoms with Gasteiger partial charge in [0.05, 0.1) is 11.4 Å². The molecule has 0 unspecified atom stereocenters. The van der Waals surface area contributed by atoms with E-state index in [2.05, 4.69) is 34.6 Å². The van der Waals surface area contributed by atoms with Crippen molar-refractivity contribution in [3.8, 4) is 0 Å². The van der Waals surface area contributed by atoms with Gasteiger partial charge in [-0.05, 0) is 68.1 Å². The van der Waals surface area contributed by atoms with Crippen LogP contribution in [0.3, 0.4) is 0 Å². The number of ketones is 1. The van der Waals surface area contributed by atoms with E-state index in [1.54, 1.807) is 6.92 Å². The number of anilines is 1. The minimum atomic E-state index is 0.0610. The lowest BCUT2D eigenvalue weighted by Crippen LogP contribution is -2.10. The summed E-state index contributed by atoms with van der Waals surface area (Å²) in [7, 11) is 0. The molecule has 0 saturated heterocycles. The number of rotatable bonds is 16. The fraction of sp³-hybridized carbons (Fsp3) is 0.500. The van der Waals surface area contributed by atoms with Crippen LogP contribution in [0.25, 0.3) is 0 Å². The van der Waals surface area contributed by atoms with Crippen LogP contribution in [0.2, 0.25) is 0 Å². The topological polar surface area (TPSA) is 70.9 Å². The number of carbonyl (C=O) groups excluding carboxylic acids is 2. The average Bonchev–Trinajstić information content (AvgIpc) is 2.82. The Labute approximate surface area is 199 Å². The predicted molar refractivity (Wildman–Crippen MR) is 137 cm³/mol. The number of aryl methyl sites for hydroxylation is 1. The van der Waals surface area contributed by atoms with Crippen LogP contribution in [0.15, 0.2) is 58.8 Å². The van der Waals surface area contributed by atoms with E-state index in [0.717, 1.165) is 55.6 Å². The molecule has 0 saturated carbocycles. The minimum absolute atomic E-state index is 0.0610. The Bertz CT molecular complexity index is 858. The van der Waals surface area contributed by atoms with Gasteiger partial charge in [-0.1, -0.05) is 64.0 Å². The first-order chi connectivity index (χ1) is 16.1. The summed E-state index contributed by atoms with van der Waals surface area (Å²) in [4.78, 5) is 23.1. The Kier molecular flexibility index (Phi) is 12.7. The predicted octanol–water partition coefficient (Wildman–Crippen LogP) is 8.48. The maximum atomic E-state index is 12.2. The second-order valence-corrected chi connectivity index (χ2v) is 8.70. The van der Waals surface area contributed by atoms with Gasteiger partial charge in [-0.15, -0.1) is 0 Å². The van der Waals surface area contributed by atoms with Crippen LogP contribution in [-0.2, 0) is 16.0 Å². The Morgan fingerprint density at radius 2 is 1.12 bits per heavy atom. The average molecular weight is 450 g/mol. The number of Topliss-reactive ketones (excluding diaryl/α,β-unsaturated/α-hetero) is 1. The monoisotopic (exact) mass is 449 g/mol. The summed E-state index contributed by atoms with van der Waals surface area (Å²) in [6.45, 7) is 3.79. The van der Waals surface area contributed by atoms with Crippen LogP contribution in [0.5, 0.6) is 0 Å². The summed E-state index contributed by atoms with van der Waals surface area (Å²) in [6.07, 6.45) is 12.6. The summed E-state index contributed by atoms with van der Waals surface area (Å²) in [5.74, 6) is 0.359. The number of nitrogens with one attached hydrogen (secondary N) is 1. The highest BCUT2D eigenvalue weighted by Gasteiger charge is 2.03. The second kappa shape index (κ2) is 15.9. The number of nitrogens with zero attached hydrogens (tertiary/aromatic N) is 2. The Morgan fingerprint density at radius 1 is 0.667 bits per heavy atom. The first kappa shape index (κ1) is 26.4. The Balaban J connectivity index is 1.55. The zero-order chi connectivity index (χ0) is 23.7. The molecule has 0 spiro atoms. The molecule has 33 heavy (non-hydrogen) atoms. The van der Waals surface area contributed by atoms with Crippen LogP contribution in [0.1, 0.15) is 90.0 Å². The van der Waals surface area contributed by atoms with Gasteiger partial charge in [0.1, 0.15) is 5.78 Å². The van der Waals surface area contributed by atoms with E-state index in [0.29, 0.717) is 12.2 Å². The van der Waals surface area contributed by atoms with Crippen LogP contribution >= 0.6 is 0 Å². The fourth-order valence-corrected chi connectivity index (χ4v) is 3.65. The normalized spacial score (nSPS) is 11.1. The molecule has 0 aliphatic heterocycles. The van der Waals surface area contributed by atoms with E-state index in [1.807, 2.05) is 36.4 Å². The molecule has 0 radical (unpaired) electrons. The first-order valence-corrected chi connectivity index (χ1v) is 12.5. The molecule has 2 aromatic rings. The first-order valence-electron chi connectivity index (χ1n) is 12.5. The van der Waals surface area contributed by atoms with Gasteiger partial charge in [-0.3, -0.25) is 4.79 Å². The van der Waals surface area contributed by atoms with Crippen LogP contribution < -0.4 is 5.32 Å². The highest BCUT2D eigenvalue weighted by molar-refractivity contribution is 5.90. The summed E-state index contributed by atoms with van der Waals surface area (Å²) in [6, 6.07) is 15.5. The van der Waals surface area contributed by atoms with Gasteiger partial charge in [0.2, 0.25) is 5.91 Å². The molecule has 178 valence electrons. The maximum absolute atomic E-state index is 12.2. The van der Waals surface area contributed by atoms with Crippen molar-refractivity contribution in [3.05, 3.63) is 54.1 Å². The number of hydrogen-bond donors (Lipinski definition) is 1. The minimum Gasteiger partial charge on any atom is -0.326 e. The molecule has 0 aromatic heterocycles. The van der Waals surface area contributed by atoms with E-state index in [1.165, 1.54) is 37.7 Å². The molecule has 0 atom stereocenters. The molecule has 2 aromatic carbocycles. The van der Waals surface area contributed by atoms with Gasteiger partial charge < -0.3 is 10.1 Å². The third kappa shape index (κ3) is 12.1. The number of amides is 1. The standard InChI is InChI=1S/C28H39N3O2/c1-3-24-15-17-26(18-16-24)30-31-27-21-19-25(20-22-27)29-28(33)14-12-10-8-6-4-5-7-9-11-13-23(2)32/h15-22H,3-14H2,1-2H3,(H,29,33). The van der Waals surface area contributed by atoms with Crippen molar-refractivity contribution in [1.29, 1.82) is 0 Å². The Morgan fingerprint density at radius 3 is 1.61 bits per heavy atom. The molecule has 0 bridgehead atoms. The molecule has 5 heteroatoms. The number of unbranched alkanes of at least 4 members (excludes halogenated alkanes) is 8. The molecule has 2 rings (SSSR count). The van der Waals surface area contributed by atoms with Crippen molar-refractivity contribution in [2.75, 3.05) is 5.32 Å². The molecule has 0 fully saturated rings. The third-order valence-electron chi connectivity index (χ3n) is 5.71. The highest BCUT2D eigenvalue weighted by atomic mass is 16.1. The molecule has 5 nitrogen and oxygen atoms in total. The SMILES string of the molecule is CCc1ccc(N=Nc2ccc(NC(=O)CCCCCCCCCCCC(C)=O)cc2)cc1. The highest BCUT2D eigenvalue weighted by Crippen LogP contribution is 2.21. The van der Waals surface area contributed by atoms with Gasteiger partial charge in [-0.25, -0.2) is 0 Å². The molecule has 0 aliphatic rings. The lowest BCUT2D eigenvalue weighted by atomic mass is 10.0. The van der Waals surface area contributed by atoms with Gasteiger partial charge in [0.15, 0.2) is 0 Å². The molecular weight excluding hydrogens is 410 g/mol. The van der Waals surface area contributed by atoms with Crippen molar-refractivity contribution in [2.45, 2.75) is 90.9 Å². The molecular formula is C28H39N3O2. The van der Waals surface area contributed by atoms with Gasteiger partial charge in [-0.2, -0.15) is 10.2 Å². The fourth-order valence-electron chi connectivity index (χ4n) is 3.65. The van der Waals surface area contributed by atoms with Crippen molar-refractivity contribution < 1.29 is 9.59 Å². The lowest BCUT2D eigenvalue weighted by molar-refractivity contribution is -0.117. The van der Waals surface area contributed by atoms with Gasteiger partial charge in [0, 0.05) is 18.5 Å². The van der Waals surface area contributed by atoms with Crippen molar-refractivity contribution >= 4 is 28.8 Å².